The van der Waals surface area contributed by atoms with Gasteiger partial charge in [0.1, 0.15) is 6.10 Å². The van der Waals surface area contributed by atoms with Crippen LogP contribution in [-0.2, 0) is 11.8 Å². The summed E-state index contributed by atoms with van der Waals surface area (Å²) in [7, 11) is 0. The molecule has 1 spiro atoms. The molecule has 5 nitrogen and oxygen atoms in total. The van der Waals surface area contributed by atoms with Gasteiger partial charge in [-0.3, -0.25) is 4.90 Å². The number of aromatic hydroxyl groups is 1. The summed E-state index contributed by atoms with van der Waals surface area (Å²) in [6.45, 7) is 5.18. The zero-order chi connectivity index (χ0) is 18.4. The van der Waals surface area contributed by atoms with Crippen molar-refractivity contribution in [3.8, 4) is 11.5 Å². The molecule has 2 aliphatic heterocycles. The highest BCUT2D eigenvalue weighted by atomic mass is 16.5. The Labute approximate surface area is 160 Å². The van der Waals surface area contributed by atoms with Crippen LogP contribution < -0.4 is 10.1 Å². The molecule has 2 bridgehead atoms. The van der Waals surface area contributed by atoms with Crippen molar-refractivity contribution in [2.24, 2.45) is 5.92 Å². The van der Waals surface area contributed by atoms with Gasteiger partial charge in [0.25, 0.3) is 0 Å². The van der Waals surface area contributed by atoms with Gasteiger partial charge in [-0.05, 0) is 69.2 Å². The number of likely N-dealkylation sites (tertiary alicyclic amines) is 1. The molecule has 5 atom stereocenters. The predicted octanol–water partition coefficient (Wildman–Crippen LogP) is 1.93. The van der Waals surface area contributed by atoms with E-state index in [0.717, 1.165) is 56.8 Å². The molecule has 27 heavy (non-hydrogen) atoms. The summed E-state index contributed by atoms with van der Waals surface area (Å²) in [6, 6.07) is 4.26. The molecule has 0 aromatic heterocycles. The van der Waals surface area contributed by atoms with Crippen LogP contribution >= 0.6 is 0 Å². The zero-order valence-corrected chi connectivity index (χ0v) is 16.1. The first-order valence-electron chi connectivity index (χ1n) is 10.8. The highest BCUT2D eigenvalue weighted by Gasteiger charge is 2.72. The Hall–Kier alpha value is -1.30. The van der Waals surface area contributed by atoms with E-state index < -0.39 is 5.60 Å². The number of phenols is 1. The van der Waals surface area contributed by atoms with E-state index in [1.807, 2.05) is 0 Å². The fraction of sp³-hybridized carbons (Fsp3) is 0.727. The lowest BCUT2D eigenvalue weighted by atomic mass is 9.48. The Morgan fingerprint density at radius 2 is 2.11 bits per heavy atom. The number of piperidine rings is 1. The van der Waals surface area contributed by atoms with E-state index in [0.29, 0.717) is 5.75 Å². The Morgan fingerprint density at radius 3 is 2.89 bits per heavy atom. The fourth-order valence-electron chi connectivity index (χ4n) is 6.95. The van der Waals surface area contributed by atoms with Gasteiger partial charge >= 0.3 is 0 Å². The van der Waals surface area contributed by atoms with Gasteiger partial charge in [-0.25, -0.2) is 0 Å². The molecule has 3 aliphatic carbocycles. The third-order valence-corrected chi connectivity index (χ3v) is 8.23. The number of rotatable bonds is 4. The molecule has 5 heteroatoms. The smallest absolute Gasteiger partial charge is 0.165 e. The van der Waals surface area contributed by atoms with E-state index in [4.69, 9.17) is 4.74 Å². The van der Waals surface area contributed by atoms with Crippen LogP contribution in [0.15, 0.2) is 12.1 Å². The van der Waals surface area contributed by atoms with Crippen molar-refractivity contribution >= 4 is 0 Å². The first-order valence-corrected chi connectivity index (χ1v) is 10.8. The Kier molecular flexibility index (Phi) is 3.33. The molecule has 1 aromatic rings. The number of nitrogens with zero attached hydrogens (tertiary/aromatic N) is 1. The predicted molar refractivity (Wildman–Crippen MR) is 102 cm³/mol. The average Bonchev–Trinajstić information content (AvgIpc) is 3.39. The average molecular weight is 370 g/mol. The summed E-state index contributed by atoms with van der Waals surface area (Å²) in [5.41, 5.74) is 1.25. The van der Waals surface area contributed by atoms with Crippen LogP contribution in [0.1, 0.15) is 50.2 Å². The maximum Gasteiger partial charge on any atom is 0.165 e. The van der Waals surface area contributed by atoms with Gasteiger partial charge in [-0.15, -0.1) is 0 Å². The summed E-state index contributed by atoms with van der Waals surface area (Å²) >= 11 is 0. The lowest BCUT2D eigenvalue weighted by Crippen LogP contribution is -2.78. The molecule has 1 aromatic carbocycles. The molecule has 2 saturated carbocycles. The monoisotopic (exact) mass is 370 g/mol. The van der Waals surface area contributed by atoms with Crippen LogP contribution in [0.3, 0.4) is 0 Å². The van der Waals surface area contributed by atoms with E-state index in [-0.39, 0.29) is 29.4 Å². The van der Waals surface area contributed by atoms with E-state index in [9.17, 15) is 10.2 Å². The molecular weight excluding hydrogens is 340 g/mol. The lowest BCUT2D eigenvalue weighted by molar-refractivity contribution is -0.191. The van der Waals surface area contributed by atoms with Crippen molar-refractivity contribution in [2.75, 3.05) is 19.6 Å². The number of benzene rings is 1. The molecule has 1 saturated heterocycles. The van der Waals surface area contributed by atoms with Crippen molar-refractivity contribution in [3.05, 3.63) is 23.3 Å². The lowest BCUT2D eigenvalue weighted by Gasteiger charge is -2.64. The highest BCUT2D eigenvalue weighted by molar-refractivity contribution is 5.62. The van der Waals surface area contributed by atoms with Crippen molar-refractivity contribution in [3.63, 3.8) is 0 Å². The second kappa shape index (κ2) is 5.40. The number of ether oxygens (including phenoxy) is 1. The first-order chi connectivity index (χ1) is 13.1. The molecule has 0 amide bonds. The van der Waals surface area contributed by atoms with Crippen LogP contribution in [0.2, 0.25) is 0 Å². The van der Waals surface area contributed by atoms with Crippen LogP contribution in [-0.4, -0.2) is 58.5 Å². The molecule has 3 fully saturated rings. The molecular formula is C22H30N2O3. The van der Waals surface area contributed by atoms with Gasteiger partial charge in [0.15, 0.2) is 11.5 Å². The summed E-state index contributed by atoms with van der Waals surface area (Å²) in [6.07, 6.45) is 6.12. The van der Waals surface area contributed by atoms with E-state index in [2.05, 4.69) is 23.2 Å². The van der Waals surface area contributed by atoms with Gasteiger partial charge < -0.3 is 20.3 Å². The molecule has 3 N–H and O–H groups in total. The standard InChI is InChI=1S/C22H30N2O3/c1-2-23-15-7-8-22(26)17-11-14-5-6-16(25)19-18(14)21(22,20(15)27-19)9-10-24(17)12-13-3-4-13/h5-6,13,15,17,20,23,25-26H,2-4,7-12H2,1H3/t15?,17-,20?,21+,22?/m1/s1. The van der Waals surface area contributed by atoms with E-state index >= 15 is 0 Å². The minimum Gasteiger partial charge on any atom is -0.504 e. The summed E-state index contributed by atoms with van der Waals surface area (Å²) in [5.74, 6) is 1.71. The first kappa shape index (κ1) is 16.6. The molecule has 6 rings (SSSR count). The normalized spacial score (nSPS) is 41.9. The number of nitrogens with one attached hydrogen (secondary N) is 1. The Morgan fingerprint density at radius 1 is 1.26 bits per heavy atom. The van der Waals surface area contributed by atoms with Crippen molar-refractivity contribution in [2.45, 2.75) is 74.7 Å². The van der Waals surface area contributed by atoms with Gasteiger partial charge in [-0.1, -0.05) is 13.0 Å². The quantitative estimate of drug-likeness (QED) is 0.756. The Balaban J connectivity index is 1.53. The molecule has 146 valence electrons. The van der Waals surface area contributed by atoms with E-state index in [1.165, 1.54) is 18.4 Å². The maximum atomic E-state index is 12.3. The number of hydrogen-bond donors (Lipinski definition) is 3. The van der Waals surface area contributed by atoms with Crippen LogP contribution in [0.5, 0.6) is 11.5 Å². The summed E-state index contributed by atoms with van der Waals surface area (Å²) in [5, 5.41) is 26.4. The number of likely N-dealkylation sites (N-methyl/N-ethyl adjacent to an activating group) is 1. The second-order valence-electron chi connectivity index (χ2n) is 9.49. The third kappa shape index (κ3) is 1.95. The number of aliphatic hydroxyl groups is 1. The van der Waals surface area contributed by atoms with Crippen LogP contribution in [0.4, 0.5) is 0 Å². The minimum absolute atomic E-state index is 0.0934. The second-order valence-corrected chi connectivity index (χ2v) is 9.49. The summed E-state index contributed by atoms with van der Waals surface area (Å²) in [4.78, 5) is 2.58. The maximum absolute atomic E-state index is 12.3. The summed E-state index contributed by atoms with van der Waals surface area (Å²) < 4.78 is 6.48. The number of phenolic OH excluding ortho intramolecular Hbond substituents is 1. The van der Waals surface area contributed by atoms with Crippen molar-refractivity contribution in [1.29, 1.82) is 0 Å². The minimum atomic E-state index is -0.761. The van der Waals surface area contributed by atoms with Gasteiger partial charge in [-0.2, -0.15) is 0 Å². The highest BCUT2D eigenvalue weighted by Crippen LogP contribution is 2.65. The van der Waals surface area contributed by atoms with Gasteiger partial charge in [0.2, 0.25) is 0 Å². The van der Waals surface area contributed by atoms with Crippen LogP contribution in [0, 0.1) is 5.92 Å². The Bertz CT molecular complexity index is 794. The number of hydrogen-bond acceptors (Lipinski definition) is 5. The molecule has 2 heterocycles. The zero-order valence-electron chi connectivity index (χ0n) is 16.1. The SMILES string of the molecule is CCNC1CCC2(O)[C@H]3Cc4ccc(O)c5c4[C@@]2(CCN3CC2CC2)C1O5. The molecule has 0 radical (unpaired) electrons. The van der Waals surface area contributed by atoms with Gasteiger partial charge in [0.05, 0.1) is 11.0 Å². The third-order valence-electron chi connectivity index (χ3n) is 8.23. The molecule has 3 unspecified atom stereocenters. The molecule has 5 aliphatic rings. The van der Waals surface area contributed by atoms with Crippen molar-refractivity contribution in [1.82, 2.24) is 10.2 Å². The van der Waals surface area contributed by atoms with Gasteiger partial charge in [0, 0.05) is 24.2 Å². The topological polar surface area (TPSA) is 65.0 Å². The van der Waals surface area contributed by atoms with Crippen molar-refractivity contribution < 1.29 is 14.9 Å². The largest absolute Gasteiger partial charge is 0.504 e. The van der Waals surface area contributed by atoms with Crippen LogP contribution in [0.25, 0.3) is 0 Å². The fourth-order valence-corrected chi connectivity index (χ4v) is 6.95. The van der Waals surface area contributed by atoms with E-state index in [1.54, 1.807) is 6.07 Å².